The number of rotatable bonds is 5. The molecule has 3 amide bonds. The second kappa shape index (κ2) is 9.04. The normalized spacial score (nSPS) is 14.9. The number of nitro benzene ring substituents is 1. The number of anilines is 1. The number of nitro groups is 1. The average molecular weight is 516 g/mol. The van der Waals surface area contributed by atoms with Gasteiger partial charge in [0.15, 0.2) is 0 Å². The van der Waals surface area contributed by atoms with E-state index >= 15 is 0 Å². The topological polar surface area (TPSA) is 137 Å². The zero-order valence-electron chi connectivity index (χ0n) is 18.7. The molecule has 11 nitrogen and oxygen atoms in total. The van der Waals surface area contributed by atoms with Crippen LogP contribution in [0.5, 0.6) is 0 Å². The number of hydrogen-bond acceptors (Lipinski definition) is 7. The first-order valence-electron chi connectivity index (χ1n) is 10.1. The number of nitrogens with one attached hydrogen (secondary N) is 1. The minimum Gasteiger partial charge on any atom is -0.324 e. The van der Waals surface area contributed by atoms with Gasteiger partial charge >= 0.3 is 5.69 Å². The molecule has 0 spiro atoms. The average Bonchev–Trinajstić information content (AvgIpc) is 3.17. The molecule has 0 bridgehead atoms. The Kier molecular flexibility index (Phi) is 6.26. The number of imidazole rings is 1. The number of thioether (sulfide) groups is 1. The SMILES string of the molecule is Cc1ccc(Cl)cc1NC(=O)CN1C(=O)S/C(=C\c2cc3c(cc2[N+](=O)[O-])n(C)c(=O)n3C)C1=O. The largest absolute Gasteiger partial charge is 0.328 e. The van der Waals surface area contributed by atoms with Crippen molar-refractivity contribution >= 4 is 68.9 Å². The van der Waals surface area contributed by atoms with Crippen LogP contribution in [-0.2, 0) is 23.7 Å². The summed E-state index contributed by atoms with van der Waals surface area (Å²) in [6.45, 7) is 1.23. The maximum Gasteiger partial charge on any atom is 0.328 e. The highest BCUT2D eigenvalue weighted by Crippen LogP contribution is 2.35. The van der Waals surface area contributed by atoms with E-state index in [-0.39, 0.29) is 21.8 Å². The number of halogens is 1. The minimum absolute atomic E-state index is 0.0493. The van der Waals surface area contributed by atoms with E-state index in [1.54, 1.807) is 25.1 Å². The zero-order chi connectivity index (χ0) is 25.6. The van der Waals surface area contributed by atoms with Crippen LogP contribution in [0.1, 0.15) is 11.1 Å². The number of fused-ring (bicyclic) bond motifs is 1. The number of amides is 3. The first kappa shape index (κ1) is 24.2. The van der Waals surface area contributed by atoms with E-state index in [4.69, 9.17) is 11.6 Å². The Morgan fingerprint density at radius 2 is 1.80 bits per heavy atom. The molecule has 0 unspecified atom stereocenters. The first-order chi connectivity index (χ1) is 16.5. The molecule has 1 N–H and O–H groups in total. The van der Waals surface area contributed by atoms with E-state index in [1.807, 2.05) is 0 Å². The van der Waals surface area contributed by atoms with Gasteiger partial charge < -0.3 is 5.32 Å². The highest BCUT2D eigenvalue weighted by molar-refractivity contribution is 8.18. The third-order valence-corrected chi connectivity index (χ3v) is 6.70. The van der Waals surface area contributed by atoms with E-state index < -0.39 is 28.5 Å². The predicted octanol–water partition coefficient (Wildman–Crippen LogP) is 3.42. The van der Waals surface area contributed by atoms with Crippen molar-refractivity contribution in [3.05, 3.63) is 72.0 Å². The molecule has 4 rings (SSSR count). The Balaban J connectivity index is 1.63. The van der Waals surface area contributed by atoms with Gasteiger partial charge in [-0.15, -0.1) is 0 Å². The number of benzene rings is 2. The zero-order valence-corrected chi connectivity index (χ0v) is 20.3. The molecule has 1 aliphatic heterocycles. The lowest BCUT2D eigenvalue weighted by atomic mass is 10.1. The highest BCUT2D eigenvalue weighted by atomic mass is 35.5. The summed E-state index contributed by atoms with van der Waals surface area (Å²) in [5.41, 5.74) is 1.31. The van der Waals surface area contributed by atoms with Gasteiger partial charge in [-0.05, 0) is 48.5 Å². The van der Waals surface area contributed by atoms with Crippen molar-refractivity contribution in [2.45, 2.75) is 6.92 Å². The Hall–Kier alpha value is -3.90. The van der Waals surface area contributed by atoms with E-state index in [1.165, 1.54) is 41.4 Å². The monoisotopic (exact) mass is 515 g/mol. The lowest BCUT2D eigenvalue weighted by Gasteiger charge is -2.13. The molecule has 35 heavy (non-hydrogen) atoms. The van der Waals surface area contributed by atoms with Crippen LogP contribution in [-0.4, -0.2) is 42.6 Å². The van der Waals surface area contributed by atoms with Gasteiger partial charge in [0.05, 0.1) is 26.4 Å². The Bertz CT molecular complexity index is 1540. The standard InChI is InChI=1S/C22H18ClN5O6S/c1-11-4-5-13(23)8-14(11)24-19(29)10-27-20(30)18(35-22(27)32)7-12-6-16-17(9-15(12)28(33)34)26(3)21(31)25(16)2/h4-9H,10H2,1-3H3,(H,24,29)/b18-7-. The summed E-state index contributed by atoms with van der Waals surface area (Å²) in [4.78, 5) is 61.8. The van der Waals surface area contributed by atoms with Crippen LogP contribution in [0, 0.1) is 17.0 Å². The lowest BCUT2D eigenvalue weighted by molar-refractivity contribution is -0.385. The van der Waals surface area contributed by atoms with Gasteiger partial charge in [0.2, 0.25) is 5.91 Å². The smallest absolute Gasteiger partial charge is 0.324 e. The number of imide groups is 1. The summed E-state index contributed by atoms with van der Waals surface area (Å²) in [6.07, 6.45) is 1.22. The molecule has 1 aliphatic rings. The number of aryl methyl sites for hydroxylation is 3. The molecule has 2 heterocycles. The molecule has 1 aromatic heterocycles. The van der Waals surface area contributed by atoms with Gasteiger partial charge in [0.25, 0.3) is 16.8 Å². The van der Waals surface area contributed by atoms with Crippen LogP contribution >= 0.6 is 23.4 Å². The molecule has 0 aliphatic carbocycles. The maximum absolute atomic E-state index is 12.9. The lowest BCUT2D eigenvalue weighted by Crippen LogP contribution is -2.36. The maximum atomic E-state index is 12.9. The van der Waals surface area contributed by atoms with Gasteiger partial charge in [0, 0.05) is 30.9 Å². The van der Waals surface area contributed by atoms with Gasteiger partial charge in [-0.1, -0.05) is 17.7 Å². The summed E-state index contributed by atoms with van der Waals surface area (Å²) in [7, 11) is 3.02. The van der Waals surface area contributed by atoms with Crippen molar-refractivity contribution < 1.29 is 19.3 Å². The minimum atomic E-state index is -0.755. The second-order valence-corrected chi connectivity index (χ2v) is 9.26. The molecule has 180 valence electrons. The van der Waals surface area contributed by atoms with Crippen LogP contribution in [0.25, 0.3) is 17.1 Å². The number of carbonyl (C=O) groups is 3. The molecule has 0 atom stereocenters. The second-order valence-electron chi connectivity index (χ2n) is 7.83. The molecule has 0 radical (unpaired) electrons. The Morgan fingerprint density at radius 3 is 2.46 bits per heavy atom. The molecule has 2 aromatic carbocycles. The van der Waals surface area contributed by atoms with Crippen molar-refractivity contribution in [3.8, 4) is 0 Å². The molecule has 0 saturated carbocycles. The van der Waals surface area contributed by atoms with Gasteiger partial charge in [-0.25, -0.2) is 4.79 Å². The van der Waals surface area contributed by atoms with Crippen LogP contribution in [0.3, 0.4) is 0 Å². The van der Waals surface area contributed by atoms with Crippen LogP contribution in [0.4, 0.5) is 16.2 Å². The van der Waals surface area contributed by atoms with Crippen molar-refractivity contribution in [2.75, 3.05) is 11.9 Å². The Morgan fingerprint density at radius 1 is 1.14 bits per heavy atom. The molecule has 1 fully saturated rings. The fourth-order valence-corrected chi connectivity index (χ4v) is 4.67. The van der Waals surface area contributed by atoms with Gasteiger partial charge in [-0.2, -0.15) is 0 Å². The van der Waals surface area contributed by atoms with Crippen LogP contribution < -0.4 is 11.0 Å². The molecular weight excluding hydrogens is 498 g/mol. The summed E-state index contributed by atoms with van der Waals surface area (Å²) < 4.78 is 2.60. The van der Waals surface area contributed by atoms with E-state index in [0.717, 1.165) is 10.5 Å². The van der Waals surface area contributed by atoms with Crippen molar-refractivity contribution in [1.82, 2.24) is 14.0 Å². The van der Waals surface area contributed by atoms with Crippen molar-refractivity contribution in [3.63, 3.8) is 0 Å². The Labute approximate surface area is 207 Å². The fraction of sp³-hybridized carbons (Fsp3) is 0.182. The summed E-state index contributed by atoms with van der Waals surface area (Å²) in [5, 5.41) is 14.0. The fourth-order valence-electron chi connectivity index (χ4n) is 3.66. The molecule has 3 aromatic rings. The first-order valence-corrected chi connectivity index (χ1v) is 11.3. The van der Waals surface area contributed by atoms with E-state index in [9.17, 15) is 29.3 Å². The summed E-state index contributed by atoms with van der Waals surface area (Å²) in [5.74, 6) is -1.36. The number of carbonyl (C=O) groups excluding carboxylic acids is 3. The van der Waals surface area contributed by atoms with Crippen LogP contribution in [0.2, 0.25) is 5.02 Å². The summed E-state index contributed by atoms with van der Waals surface area (Å²) >= 11 is 6.53. The number of nitrogens with zero attached hydrogens (tertiary/aromatic N) is 4. The third-order valence-electron chi connectivity index (χ3n) is 5.55. The van der Waals surface area contributed by atoms with Gasteiger partial charge in [0.1, 0.15) is 6.54 Å². The molecule has 13 heteroatoms. The van der Waals surface area contributed by atoms with Crippen LogP contribution in [0.15, 0.2) is 40.0 Å². The highest BCUT2D eigenvalue weighted by Gasteiger charge is 2.37. The van der Waals surface area contributed by atoms with Crippen molar-refractivity contribution in [2.24, 2.45) is 14.1 Å². The third kappa shape index (κ3) is 4.45. The van der Waals surface area contributed by atoms with Crippen molar-refractivity contribution in [1.29, 1.82) is 0 Å². The predicted molar refractivity (Wildman–Crippen MR) is 132 cm³/mol. The van der Waals surface area contributed by atoms with Gasteiger partial charge in [-0.3, -0.25) is 38.5 Å². The number of aromatic nitrogens is 2. The summed E-state index contributed by atoms with van der Waals surface area (Å²) in [6, 6.07) is 7.59. The number of hydrogen-bond donors (Lipinski definition) is 1. The van der Waals surface area contributed by atoms with E-state index in [0.29, 0.717) is 33.5 Å². The molecular formula is C22H18ClN5O6S. The van der Waals surface area contributed by atoms with E-state index in [2.05, 4.69) is 5.32 Å². The quantitative estimate of drug-likeness (QED) is 0.312. The molecule has 1 saturated heterocycles.